The first-order valence-corrected chi connectivity index (χ1v) is 14.7. The SMILES string of the molecule is CC(=O)N1CC[C@H](Oc2ccc(Cl)c3c2[C@@H](CN2C(=O)c4ccccc4C2=O)N(C(=O)C2CCCCC2)CC3)C1. The fourth-order valence-electron chi connectivity index (χ4n) is 6.79. The highest BCUT2D eigenvalue weighted by atomic mass is 35.5. The second kappa shape index (κ2) is 10.9. The van der Waals surface area contributed by atoms with Gasteiger partial charge in [-0.05, 0) is 49.1 Å². The van der Waals surface area contributed by atoms with E-state index in [1.54, 1.807) is 36.1 Å². The Morgan fingerprint density at radius 3 is 2.30 bits per heavy atom. The van der Waals surface area contributed by atoms with Crippen LogP contribution in [0.25, 0.3) is 0 Å². The third-order valence-corrected chi connectivity index (χ3v) is 9.28. The lowest BCUT2D eigenvalue weighted by Gasteiger charge is -2.42. The molecule has 3 heterocycles. The summed E-state index contributed by atoms with van der Waals surface area (Å²) < 4.78 is 6.51. The van der Waals surface area contributed by atoms with E-state index in [4.69, 9.17) is 16.3 Å². The highest BCUT2D eigenvalue weighted by Crippen LogP contribution is 2.43. The maximum absolute atomic E-state index is 14.0. The van der Waals surface area contributed by atoms with Crippen LogP contribution >= 0.6 is 11.6 Å². The molecule has 0 aromatic heterocycles. The first-order valence-electron chi connectivity index (χ1n) is 14.3. The van der Waals surface area contributed by atoms with Crippen LogP contribution in [0.2, 0.25) is 5.02 Å². The number of imide groups is 1. The monoisotopic (exact) mass is 563 g/mol. The number of hydrogen-bond donors (Lipinski definition) is 0. The van der Waals surface area contributed by atoms with Gasteiger partial charge in [-0.1, -0.05) is 43.0 Å². The Morgan fingerprint density at radius 2 is 1.65 bits per heavy atom. The van der Waals surface area contributed by atoms with Crippen LogP contribution in [0.15, 0.2) is 36.4 Å². The van der Waals surface area contributed by atoms with E-state index in [9.17, 15) is 19.2 Å². The fourth-order valence-corrected chi connectivity index (χ4v) is 7.05. The van der Waals surface area contributed by atoms with Gasteiger partial charge in [0.2, 0.25) is 11.8 Å². The van der Waals surface area contributed by atoms with Crippen molar-refractivity contribution < 1.29 is 23.9 Å². The fraction of sp³-hybridized carbons (Fsp3) is 0.484. The number of rotatable bonds is 5. The molecule has 2 aromatic rings. The average molecular weight is 564 g/mol. The summed E-state index contributed by atoms with van der Waals surface area (Å²) in [6.07, 6.45) is 5.96. The van der Waals surface area contributed by atoms with Gasteiger partial charge >= 0.3 is 0 Å². The van der Waals surface area contributed by atoms with Gasteiger partial charge in [0.05, 0.1) is 30.3 Å². The standard InChI is InChI=1S/C31H34ClN3O5/c1-19(36)33-15-13-21(17-33)40-27-12-11-25(32)24-14-16-34(29(37)20-7-3-2-4-8-20)26(28(24)27)18-35-30(38)22-9-5-6-10-23(22)31(35)39/h5-6,9-12,20-21,26H,2-4,7-8,13-18H2,1H3/t21-,26+/m0/s1. The van der Waals surface area contributed by atoms with Crippen molar-refractivity contribution in [3.63, 3.8) is 0 Å². The maximum Gasteiger partial charge on any atom is 0.261 e. The minimum atomic E-state index is -0.584. The quantitative estimate of drug-likeness (QED) is 0.495. The predicted octanol–water partition coefficient (Wildman–Crippen LogP) is 4.64. The van der Waals surface area contributed by atoms with Crippen LogP contribution in [0.3, 0.4) is 0 Å². The lowest BCUT2D eigenvalue weighted by atomic mass is 9.85. The van der Waals surface area contributed by atoms with Crippen LogP contribution in [0.1, 0.15) is 83.3 Å². The summed E-state index contributed by atoms with van der Waals surface area (Å²) in [6, 6.07) is 9.88. The summed E-state index contributed by atoms with van der Waals surface area (Å²) >= 11 is 6.72. The largest absolute Gasteiger partial charge is 0.488 e. The van der Waals surface area contributed by atoms with Gasteiger partial charge < -0.3 is 14.5 Å². The number of likely N-dealkylation sites (tertiary alicyclic amines) is 1. The lowest BCUT2D eigenvalue weighted by Crippen LogP contribution is -2.48. The van der Waals surface area contributed by atoms with Crippen LogP contribution in [-0.4, -0.2) is 70.6 Å². The summed E-state index contributed by atoms with van der Waals surface area (Å²) in [5.41, 5.74) is 2.41. The molecule has 6 rings (SSSR count). The Balaban J connectivity index is 1.38. The Labute approximate surface area is 239 Å². The summed E-state index contributed by atoms with van der Waals surface area (Å²) in [4.78, 5) is 57.6. The van der Waals surface area contributed by atoms with E-state index in [1.807, 2.05) is 17.0 Å². The molecule has 0 bridgehead atoms. The zero-order chi connectivity index (χ0) is 28.0. The highest BCUT2D eigenvalue weighted by Gasteiger charge is 2.43. The molecule has 0 spiro atoms. The average Bonchev–Trinajstić information content (AvgIpc) is 3.54. The van der Waals surface area contributed by atoms with E-state index in [1.165, 1.54) is 4.90 Å². The van der Waals surface area contributed by atoms with Crippen LogP contribution in [-0.2, 0) is 16.0 Å². The van der Waals surface area contributed by atoms with Crippen molar-refractivity contribution in [1.82, 2.24) is 14.7 Å². The zero-order valence-electron chi connectivity index (χ0n) is 22.7. The van der Waals surface area contributed by atoms with Crippen LogP contribution in [0.4, 0.5) is 0 Å². The highest BCUT2D eigenvalue weighted by molar-refractivity contribution is 6.31. The van der Waals surface area contributed by atoms with Gasteiger partial charge in [0, 0.05) is 42.9 Å². The molecule has 2 atom stereocenters. The topological polar surface area (TPSA) is 87.2 Å². The second-order valence-corrected chi connectivity index (χ2v) is 11.7. The molecule has 1 aliphatic carbocycles. The summed E-state index contributed by atoms with van der Waals surface area (Å²) in [7, 11) is 0. The van der Waals surface area contributed by atoms with E-state index in [0.29, 0.717) is 54.4 Å². The number of carbonyl (C=O) groups excluding carboxylic acids is 4. The lowest BCUT2D eigenvalue weighted by molar-refractivity contribution is -0.140. The van der Waals surface area contributed by atoms with Gasteiger partial charge in [0.15, 0.2) is 0 Å². The first kappa shape index (κ1) is 26.8. The zero-order valence-corrected chi connectivity index (χ0v) is 23.5. The van der Waals surface area contributed by atoms with Gasteiger partial charge in [-0.15, -0.1) is 0 Å². The van der Waals surface area contributed by atoms with E-state index in [-0.39, 0.29) is 42.2 Å². The molecule has 8 nitrogen and oxygen atoms in total. The molecule has 1 saturated heterocycles. The number of carbonyl (C=O) groups is 4. The number of amides is 4. The second-order valence-electron chi connectivity index (χ2n) is 11.3. The number of nitrogens with zero attached hydrogens (tertiary/aromatic N) is 3. The summed E-state index contributed by atoms with van der Waals surface area (Å²) in [5, 5.41) is 0.580. The van der Waals surface area contributed by atoms with Crippen molar-refractivity contribution in [2.75, 3.05) is 26.2 Å². The van der Waals surface area contributed by atoms with Gasteiger partial charge in [0.1, 0.15) is 11.9 Å². The van der Waals surface area contributed by atoms with Crippen molar-refractivity contribution in [2.45, 2.75) is 64.0 Å². The first-order chi connectivity index (χ1) is 19.3. The third-order valence-electron chi connectivity index (χ3n) is 8.93. The Hall–Kier alpha value is -3.39. The van der Waals surface area contributed by atoms with Gasteiger partial charge in [-0.2, -0.15) is 0 Å². The number of benzene rings is 2. The van der Waals surface area contributed by atoms with Crippen LogP contribution in [0.5, 0.6) is 5.75 Å². The molecule has 0 unspecified atom stereocenters. The van der Waals surface area contributed by atoms with Gasteiger partial charge in [0.25, 0.3) is 11.8 Å². The Morgan fingerprint density at radius 1 is 0.950 bits per heavy atom. The van der Waals surface area contributed by atoms with E-state index in [2.05, 4.69) is 0 Å². The molecular formula is C31H34ClN3O5. The maximum atomic E-state index is 14.0. The predicted molar refractivity (Wildman–Crippen MR) is 149 cm³/mol. The number of ether oxygens (including phenoxy) is 1. The van der Waals surface area contributed by atoms with Crippen molar-refractivity contribution in [1.29, 1.82) is 0 Å². The van der Waals surface area contributed by atoms with Crippen molar-refractivity contribution in [2.24, 2.45) is 5.92 Å². The molecule has 2 aromatic carbocycles. The van der Waals surface area contributed by atoms with Gasteiger partial charge in [-0.3, -0.25) is 24.1 Å². The Kier molecular flexibility index (Phi) is 7.29. The molecular weight excluding hydrogens is 530 g/mol. The van der Waals surface area contributed by atoms with Gasteiger partial charge in [-0.25, -0.2) is 0 Å². The summed E-state index contributed by atoms with van der Waals surface area (Å²) in [6.45, 7) is 3.15. The smallest absolute Gasteiger partial charge is 0.261 e. The number of fused-ring (bicyclic) bond motifs is 2. The minimum Gasteiger partial charge on any atom is -0.488 e. The molecule has 0 radical (unpaired) electrons. The van der Waals surface area contributed by atoms with E-state index >= 15 is 0 Å². The number of hydrogen-bond acceptors (Lipinski definition) is 5. The molecule has 3 aliphatic heterocycles. The number of halogens is 1. The normalized spacial score (nSPS) is 22.9. The van der Waals surface area contributed by atoms with Crippen LogP contribution in [0, 0.1) is 5.92 Å². The third kappa shape index (κ3) is 4.76. The van der Waals surface area contributed by atoms with Crippen molar-refractivity contribution >= 4 is 35.2 Å². The molecule has 4 amide bonds. The molecule has 9 heteroatoms. The molecule has 40 heavy (non-hydrogen) atoms. The van der Waals surface area contributed by atoms with Crippen LogP contribution < -0.4 is 4.74 Å². The molecule has 4 aliphatic rings. The minimum absolute atomic E-state index is 0.0111. The molecule has 2 fully saturated rings. The Bertz CT molecular complexity index is 1340. The molecule has 0 N–H and O–H groups in total. The van der Waals surface area contributed by atoms with Crippen molar-refractivity contribution in [3.05, 3.63) is 63.7 Å². The summed E-state index contributed by atoms with van der Waals surface area (Å²) in [5.74, 6) is -0.0936. The molecule has 210 valence electrons. The van der Waals surface area contributed by atoms with Crippen molar-refractivity contribution in [3.8, 4) is 5.75 Å². The van der Waals surface area contributed by atoms with E-state index < -0.39 is 6.04 Å². The molecule has 1 saturated carbocycles. The van der Waals surface area contributed by atoms with E-state index in [0.717, 1.165) is 43.2 Å².